The number of carbonyl (C=O) groups is 1. The predicted molar refractivity (Wildman–Crippen MR) is 146 cm³/mol. The lowest BCUT2D eigenvalue weighted by Crippen LogP contribution is -2.42. The highest BCUT2D eigenvalue weighted by molar-refractivity contribution is 6.06. The van der Waals surface area contributed by atoms with Gasteiger partial charge < -0.3 is 21.3 Å². The van der Waals surface area contributed by atoms with Crippen LogP contribution in [-0.4, -0.2) is 32.8 Å². The summed E-state index contributed by atoms with van der Waals surface area (Å²) in [6.07, 6.45) is 9.79. The van der Waals surface area contributed by atoms with E-state index in [1.54, 1.807) is 0 Å². The molecular formula is C29H29N7O. The number of hydrogen-bond acceptors (Lipinski definition) is 6. The monoisotopic (exact) mass is 491 g/mol. The average molecular weight is 492 g/mol. The molecule has 8 heteroatoms. The molecule has 4 N–H and O–H groups in total. The number of nitrogens with zero attached hydrogens (tertiary/aromatic N) is 3. The van der Waals surface area contributed by atoms with Crippen LogP contribution in [0.1, 0.15) is 47.3 Å². The Balaban J connectivity index is 1.35. The summed E-state index contributed by atoms with van der Waals surface area (Å²) >= 11 is 0. The van der Waals surface area contributed by atoms with Crippen molar-refractivity contribution in [3.05, 3.63) is 77.9 Å². The van der Waals surface area contributed by atoms with E-state index in [1.165, 1.54) is 5.56 Å². The second-order valence-electron chi connectivity index (χ2n) is 10.2. The Hall–Kier alpha value is -4.17. The molecule has 7 heterocycles. The second-order valence-corrected chi connectivity index (χ2v) is 10.2. The standard InChI is InChI=1S/C29H29N7O/c1-36-26-10-5-18-12-23(26)28(35-36)25-16-32-27-22(3-2-4-24(27)34-25)29(37)33-21-8-6-20(7-9-21)31-14-17-11-19(18)15-30-13-17/h2-5,10-13,15-16,20-21,31-32,34H,6-9,14H2,1H3,(H,33,37). The molecule has 1 aliphatic carbocycles. The number of carbonyl (C=O) groups excluding carboxylic acids is 1. The van der Waals surface area contributed by atoms with E-state index in [-0.39, 0.29) is 11.9 Å². The zero-order valence-electron chi connectivity index (χ0n) is 20.7. The predicted octanol–water partition coefficient (Wildman–Crippen LogP) is 4.62. The number of pyridine rings is 1. The van der Waals surface area contributed by atoms with Crippen LogP contribution in [0.5, 0.6) is 0 Å². The first-order chi connectivity index (χ1) is 18.1. The largest absolute Gasteiger partial charge is 0.357 e. The molecule has 8 nitrogen and oxygen atoms in total. The van der Waals surface area contributed by atoms with Gasteiger partial charge in [0.2, 0.25) is 0 Å². The topological polar surface area (TPSA) is 95.9 Å². The van der Waals surface area contributed by atoms with Crippen LogP contribution in [0, 0.1) is 0 Å². The highest BCUT2D eigenvalue weighted by atomic mass is 16.1. The van der Waals surface area contributed by atoms with Gasteiger partial charge in [0.25, 0.3) is 5.91 Å². The van der Waals surface area contributed by atoms with Gasteiger partial charge in [-0.25, -0.2) is 0 Å². The number of aryl methyl sites for hydroxylation is 1. The number of rotatable bonds is 0. The maximum absolute atomic E-state index is 13.3. The summed E-state index contributed by atoms with van der Waals surface area (Å²) in [5.74, 6) is -0.0374. The third-order valence-corrected chi connectivity index (χ3v) is 7.83. The van der Waals surface area contributed by atoms with Crippen molar-refractivity contribution in [1.82, 2.24) is 25.4 Å². The van der Waals surface area contributed by atoms with Crippen LogP contribution < -0.4 is 21.3 Å². The lowest BCUT2D eigenvalue weighted by atomic mass is 9.90. The summed E-state index contributed by atoms with van der Waals surface area (Å²) in [5.41, 5.74) is 8.42. The van der Waals surface area contributed by atoms with Crippen LogP contribution in [0.4, 0.5) is 11.4 Å². The van der Waals surface area contributed by atoms with E-state index in [0.717, 1.165) is 77.0 Å². The third kappa shape index (κ3) is 3.94. The Morgan fingerprint density at radius 2 is 1.84 bits per heavy atom. The number of hydrogen-bond donors (Lipinski definition) is 4. The lowest BCUT2D eigenvalue weighted by Gasteiger charge is -2.30. The first-order valence-electron chi connectivity index (χ1n) is 12.9. The number of aromatic nitrogens is 3. The fourth-order valence-electron chi connectivity index (χ4n) is 5.81. The van der Waals surface area contributed by atoms with Gasteiger partial charge in [0.1, 0.15) is 5.69 Å². The normalized spacial score (nSPS) is 20.8. The smallest absolute Gasteiger partial charge is 0.253 e. The van der Waals surface area contributed by atoms with Gasteiger partial charge in [0, 0.05) is 55.2 Å². The Labute approximate surface area is 215 Å². The number of anilines is 2. The fraction of sp³-hybridized carbons (Fsp3) is 0.276. The van der Waals surface area contributed by atoms with E-state index in [1.807, 2.05) is 48.5 Å². The zero-order valence-corrected chi connectivity index (χ0v) is 20.7. The zero-order chi connectivity index (χ0) is 24.9. The Kier molecular flexibility index (Phi) is 5.21. The maximum atomic E-state index is 13.3. The van der Waals surface area contributed by atoms with Crippen molar-refractivity contribution >= 4 is 33.9 Å². The molecule has 0 saturated heterocycles. The second kappa shape index (κ2) is 8.74. The molecule has 1 saturated carbocycles. The van der Waals surface area contributed by atoms with Crippen LogP contribution >= 0.6 is 0 Å². The molecule has 0 unspecified atom stereocenters. The van der Waals surface area contributed by atoms with Crippen LogP contribution in [0.15, 0.2) is 61.1 Å². The highest BCUT2D eigenvalue weighted by Crippen LogP contribution is 2.36. The van der Waals surface area contributed by atoms with Crippen LogP contribution in [0.3, 0.4) is 0 Å². The SMILES string of the molecule is Cn1nc2c3cc(ccc31)-c1cncc(c1)CNC1CCC(CC1)NC(=O)c1cccc3c1NC=C2N3. The van der Waals surface area contributed by atoms with Gasteiger partial charge in [-0.3, -0.25) is 14.5 Å². The van der Waals surface area contributed by atoms with E-state index in [4.69, 9.17) is 5.10 Å². The molecule has 1 fully saturated rings. The number of benzene rings is 2. The van der Waals surface area contributed by atoms with Gasteiger partial charge in [0.05, 0.1) is 28.2 Å². The minimum absolute atomic E-state index is 0.0374. The molecule has 2 aromatic carbocycles. The quantitative estimate of drug-likeness (QED) is 0.287. The van der Waals surface area contributed by atoms with Crippen LogP contribution in [0.2, 0.25) is 0 Å². The summed E-state index contributed by atoms with van der Waals surface area (Å²) < 4.78 is 1.90. The first kappa shape index (κ1) is 22.1. The molecule has 2 aromatic heterocycles. The van der Waals surface area contributed by atoms with Crippen molar-refractivity contribution in [2.75, 3.05) is 10.6 Å². The van der Waals surface area contributed by atoms with Crippen molar-refractivity contribution < 1.29 is 4.79 Å². The van der Waals surface area contributed by atoms with E-state index < -0.39 is 0 Å². The Morgan fingerprint density at radius 3 is 2.73 bits per heavy atom. The lowest BCUT2D eigenvalue weighted by molar-refractivity contribution is 0.0925. The minimum Gasteiger partial charge on any atom is -0.357 e. The van der Waals surface area contributed by atoms with Crippen LogP contribution in [0.25, 0.3) is 27.7 Å². The van der Waals surface area contributed by atoms with E-state index in [9.17, 15) is 4.79 Å². The number of nitrogens with one attached hydrogen (secondary N) is 4. The van der Waals surface area contributed by atoms with Crippen LogP contribution in [-0.2, 0) is 13.6 Å². The van der Waals surface area contributed by atoms with E-state index in [2.05, 4.69) is 50.5 Å². The van der Waals surface area contributed by atoms with Crippen molar-refractivity contribution in [1.29, 1.82) is 0 Å². The Bertz CT molecular complexity index is 1560. The molecule has 10 rings (SSSR count). The molecule has 0 spiro atoms. The first-order valence-corrected chi connectivity index (χ1v) is 12.9. The van der Waals surface area contributed by atoms with Crippen molar-refractivity contribution in [3.63, 3.8) is 0 Å². The van der Waals surface area contributed by atoms with Gasteiger partial charge in [0.15, 0.2) is 0 Å². The van der Waals surface area contributed by atoms with E-state index in [0.29, 0.717) is 11.6 Å². The third-order valence-electron chi connectivity index (χ3n) is 7.83. The molecule has 0 radical (unpaired) electrons. The molecule has 6 aliphatic rings. The molecular weight excluding hydrogens is 462 g/mol. The van der Waals surface area contributed by atoms with Gasteiger partial charge >= 0.3 is 0 Å². The van der Waals surface area contributed by atoms with Crippen molar-refractivity contribution in [2.45, 2.75) is 44.3 Å². The van der Waals surface area contributed by atoms with Gasteiger partial charge in [-0.15, -0.1) is 0 Å². The fourth-order valence-corrected chi connectivity index (χ4v) is 5.81. The van der Waals surface area contributed by atoms with Crippen molar-refractivity contribution in [3.8, 4) is 11.1 Å². The summed E-state index contributed by atoms with van der Waals surface area (Å²) in [4.78, 5) is 17.8. The van der Waals surface area contributed by atoms with Crippen molar-refractivity contribution in [2.24, 2.45) is 7.05 Å². The van der Waals surface area contributed by atoms with E-state index >= 15 is 0 Å². The summed E-state index contributed by atoms with van der Waals surface area (Å²) in [6.45, 7) is 0.779. The van der Waals surface area contributed by atoms with Gasteiger partial charge in [-0.2, -0.15) is 5.10 Å². The summed E-state index contributed by atoms with van der Waals surface area (Å²) in [5, 5.41) is 19.8. The maximum Gasteiger partial charge on any atom is 0.253 e. The number of amides is 1. The summed E-state index contributed by atoms with van der Waals surface area (Å²) in [7, 11) is 1.96. The summed E-state index contributed by atoms with van der Waals surface area (Å²) in [6, 6.07) is 15.1. The molecule has 5 aliphatic heterocycles. The van der Waals surface area contributed by atoms with Gasteiger partial charge in [-0.1, -0.05) is 12.1 Å². The highest BCUT2D eigenvalue weighted by Gasteiger charge is 2.26. The van der Waals surface area contributed by atoms with Gasteiger partial charge in [-0.05, 0) is 67.1 Å². The molecule has 1 amide bonds. The molecule has 0 atom stereocenters. The molecule has 4 aromatic rings. The minimum atomic E-state index is -0.0374. The molecule has 10 bridgehead atoms. The number of para-hydroxylation sites is 1. The Morgan fingerprint density at radius 1 is 0.973 bits per heavy atom. The molecule has 37 heavy (non-hydrogen) atoms. The average Bonchev–Trinajstić information content (AvgIpc) is 3.27. The molecule has 186 valence electrons.